The van der Waals surface area contributed by atoms with Gasteiger partial charge < -0.3 is 15.1 Å². The van der Waals surface area contributed by atoms with Gasteiger partial charge in [0.2, 0.25) is 5.91 Å². The molecule has 1 atom stereocenters. The Bertz CT molecular complexity index is 908. The summed E-state index contributed by atoms with van der Waals surface area (Å²) in [4.78, 5) is 24.4. The molecule has 144 valence electrons. The predicted octanol–water partition coefficient (Wildman–Crippen LogP) is 3.35. The average Bonchev–Trinajstić information content (AvgIpc) is 3.24. The Morgan fingerprint density at radius 1 is 1.00 bits per heavy atom. The first-order valence-electron chi connectivity index (χ1n) is 9.17. The maximum Gasteiger partial charge on any atom is 0.251 e. The summed E-state index contributed by atoms with van der Waals surface area (Å²) in [6, 6.07) is 20.1. The topological polar surface area (TPSA) is 83.4 Å². The minimum atomic E-state index is -0.233. The zero-order valence-electron chi connectivity index (χ0n) is 15.6. The van der Waals surface area contributed by atoms with Crippen LogP contribution in [0.15, 0.2) is 77.4 Å². The highest BCUT2D eigenvalue weighted by atomic mass is 16.3. The standard InChI is InChI=1S/C22H23N3O3/c1-2-23-22(27)17-10-6-11-18(14-17)25-20(26)15-24-21(19-12-7-13-28-19)16-8-4-3-5-9-16/h3-14,21,24H,2,15H2,1H3,(H,23,27)(H,25,26)/t21-/m1/s1. The Morgan fingerprint density at radius 2 is 1.82 bits per heavy atom. The van der Waals surface area contributed by atoms with Gasteiger partial charge in [0.15, 0.2) is 0 Å². The molecule has 3 rings (SSSR count). The number of carbonyl (C=O) groups is 2. The highest BCUT2D eigenvalue weighted by molar-refractivity contribution is 5.97. The molecule has 0 radical (unpaired) electrons. The molecule has 0 aliphatic carbocycles. The number of carbonyl (C=O) groups excluding carboxylic acids is 2. The van der Waals surface area contributed by atoms with Crippen molar-refractivity contribution in [1.29, 1.82) is 0 Å². The van der Waals surface area contributed by atoms with Crippen LogP contribution in [0.5, 0.6) is 0 Å². The lowest BCUT2D eigenvalue weighted by atomic mass is 10.0. The number of benzene rings is 2. The van der Waals surface area contributed by atoms with Crippen molar-refractivity contribution in [2.24, 2.45) is 0 Å². The number of hydrogen-bond acceptors (Lipinski definition) is 4. The van der Waals surface area contributed by atoms with Crippen LogP contribution in [0.3, 0.4) is 0 Å². The molecule has 0 spiro atoms. The molecule has 0 aliphatic rings. The third-order valence-corrected chi connectivity index (χ3v) is 4.17. The van der Waals surface area contributed by atoms with Gasteiger partial charge in [0.1, 0.15) is 5.76 Å². The third kappa shape index (κ3) is 5.08. The first-order valence-corrected chi connectivity index (χ1v) is 9.17. The zero-order valence-corrected chi connectivity index (χ0v) is 15.6. The van der Waals surface area contributed by atoms with Gasteiger partial charge in [-0.2, -0.15) is 0 Å². The third-order valence-electron chi connectivity index (χ3n) is 4.17. The fraction of sp³-hybridized carbons (Fsp3) is 0.182. The van der Waals surface area contributed by atoms with Crippen molar-refractivity contribution >= 4 is 17.5 Å². The fourth-order valence-electron chi connectivity index (χ4n) is 2.88. The SMILES string of the molecule is CCNC(=O)c1cccc(NC(=O)CN[C@H](c2ccccc2)c2ccco2)c1. The molecule has 6 nitrogen and oxygen atoms in total. The maximum atomic E-state index is 12.4. The molecule has 1 aromatic heterocycles. The van der Waals surface area contributed by atoms with Crippen molar-refractivity contribution in [2.45, 2.75) is 13.0 Å². The maximum absolute atomic E-state index is 12.4. The van der Waals surface area contributed by atoms with Gasteiger partial charge in [-0.3, -0.25) is 14.9 Å². The number of anilines is 1. The van der Waals surface area contributed by atoms with Crippen molar-refractivity contribution in [3.63, 3.8) is 0 Å². The van der Waals surface area contributed by atoms with E-state index in [1.165, 1.54) is 0 Å². The first-order chi connectivity index (χ1) is 13.7. The minimum Gasteiger partial charge on any atom is -0.467 e. The number of furan rings is 1. The Labute approximate surface area is 164 Å². The molecule has 0 aliphatic heterocycles. The second-order valence-electron chi connectivity index (χ2n) is 6.23. The Balaban J connectivity index is 1.64. The minimum absolute atomic E-state index is 0.0889. The summed E-state index contributed by atoms with van der Waals surface area (Å²) in [5.41, 5.74) is 2.08. The first kappa shape index (κ1) is 19.4. The van der Waals surface area contributed by atoms with Crippen LogP contribution in [-0.4, -0.2) is 24.9 Å². The quantitative estimate of drug-likeness (QED) is 0.562. The smallest absolute Gasteiger partial charge is 0.251 e. The molecule has 0 saturated carbocycles. The molecule has 0 saturated heterocycles. The zero-order chi connectivity index (χ0) is 19.8. The largest absolute Gasteiger partial charge is 0.467 e. The van der Waals surface area contributed by atoms with Crippen LogP contribution in [0.25, 0.3) is 0 Å². The summed E-state index contributed by atoms with van der Waals surface area (Å²) in [6.07, 6.45) is 1.61. The van der Waals surface area contributed by atoms with Crippen LogP contribution in [-0.2, 0) is 4.79 Å². The second-order valence-corrected chi connectivity index (χ2v) is 6.23. The summed E-state index contributed by atoms with van der Waals surface area (Å²) in [6.45, 7) is 2.50. The van der Waals surface area contributed by atoms with Gasteiger partial charge in [-0.05, 0) is 42.8 Å². The molecule has 6 heteroatoms. The molecular weight excluding hydrogens is 354 g/mol. The van der Waals surface area contributed by atoms with Gasteiger partial charge in [0.25, 0.3) is 5.91 Å². The van der Waals surface area contributed by atoms with Gasteiger partial charge in [-0.15, -0.1) is 0 Å². The Hall–Kier alpha value is -3.38. The van der Waals surface area contributed by atoms with E-state index >= 15 is 0 Å². The van der Waals surface area contributed by atoms with Crippen molar-refractivity contribution in [2.75, 3.05) is 18.4 Å². The van der Waals surface area contributed by atoms with E-state index in [0.717, 1.165) is 11.3 Å². The Kier molecular flexibility index (Phi) is 6.59. The molecular formula is C22H23N3O3. The summed E-state index contributed by atoms with van der Waals surface area (Å²) in [5.74, 6) is 0.358. The number of rotatable bonds is 8. The van der Waals surface area contributed by atoms with E-state index in [1.807, 2.05) is 49.4 Å². The van der Waals surface area contributed by atoms with Gasteiger partial charge in [-0.25, -0.2) is 0 Å². The van der Waals surface area contributed by atoms with E-state index in [0.29, 0.717) is 17.8 Å². The molecule has 3 aromatic rings. The number of amides is 2. The Morgan fingerprint density at radius 3 is 2.54 bits per heavy atom. The van der Waals surface area contributed by atoms with Gasteiger partial charge in [0, 0.05) is 17.8 Å². The van der Waals surface area contributed by atoms with E-state index in [9.17, 15) is 9.59 Å². The molecule has 2 aromatic carbocycles. The lowest BCUT2D eigenvalue weighted by Gasteiger charge is -2.17. The summed E-state index contributed by atoms with van der Waals surface area (Å²) >= 11 is 0. The molecule has 2 amide bonds. The van der Waals surface area contributed by atoms with E-state index in [-0.39, 0.29) is 24.4 Å². The fourth-order valence-corrected chi connectivity index (χ4v) is 2.88. The molecule has 0 fully saturated rings. The molecule has 0 unspecified atom stereocenters. The van der Waals surface area contributed by atoms with E-state index in [1.54, 1.807) is 30.5 Å². The van der Waals surface area contributed by atoms with Crippen molar-refractivity contribution < 1.29 is 14.0 Å². The molecule has 3 N–H and O–H groups in total. The van der Waals surface area contributed by atoms with E-state index in [2.05, 4.69) is 16.0 Å². The molecule has 28 heavy (non-hydrogen) atoms. The van der Waals surface area contributed by atoms with Crippen molar-refractivity contribution in [3.8, 4) is 0 Å². The lowest BCUT2D eigenvalue weighted by Crippen LogP contribution is -2.31. The normalized spacial score (nSPS) is 11.6. The van der Waals surface area contributed by atoms with Crippen LogP contribution >= 0.6 is 0 Å². The lowest BCUT2D eigenvalue weighted by molar-refractivity contribution is -0.115. The second kappa shape index (κ2) is 9.53. The summed E-state index contributed by atoms with van der Waals surface area (Å²) < 4.78 is 5.53. The van der Waals surface area contributed by atoms with Gasteiger partial charge in [-0.1, -0.05) is 36.4 Å². The van der Waals surface area contributed by atoms with Gasteiger partial charge in [0.05, 0.1) is 18.8 Å². The van der Waals surface area contributed by atoms with E-state index in [4.69, 9.17) is 4.42 Å². The summed E-state index contributed by atoms with van der Waals surface area (Å²) in [5, 5.41) is 8.79. The summed E-state index contributed by atoms with van der Waals surface area (Å²) in [7, 11) is 0. The van der Waals surface area contributed by atoms with Crippen LogP contribution < -0.4 is 16.0 Å². The highest BCUT2D eigenvalue weighted by Crippen LogP contribution is 2.22. The highest BCUT2D eigenvalue weighted by Gasteiger charge is 2.17. The van der Waals surface area contributed by atoms with Crippen LogP contribution in [0.1, 0.15) is 34.6 Å². The molecule has 0 bridgehead atoms. The van der Waals surface area contributed by atoms with Crippen LogP contribution in [0.4, 0.5) is 5.69 Å². The van der Waals surface area contributed by atoms with Crippen molar-refractivity contribution in [1.82, 2.24) is 10.6 Å². The van der Waals surface area contributed by atoms with Crippen LogP contribution in [0.2, 0.25) is 0 Å². The number of hydrogen-bond donors (Lipinski definition) is 3. The predicted molar refractivity (Wildman–Crippen MR) is 108 cm³/mol. The molecule has 1 heterocycles. The van der Waals surface area contributed by atoms with Crippen LogP contribution in [0, 0.1) is 0 Å². The monoisotopic (exact) mass is 377 g/mol. The van der Waals surface area contributed by atoms with Gasteiger partial charge >= 0.3 is 0 Å². The number of nitrogens with one attached hydrogen (secondary N) is 3. The average molecular weight is 377 g/mol. The van der Waals surface area contributed by atoms with E-state index < -0.39 is 0 Å². The van der Waals surface area contributed by atoms with Crippen molar-refractivity contribution in [3.05, 3.63) is 89.9 Å².